The normalized spacial score (nSPS) is 16.0. The fourth-order valence-electron chi connectivity index (χ4n) is 3.53. The van der Waals surface area contributed by atoms with Gasteiger partial charge in [-0.05, 0) is 36.2 Å². The van der Waals surface area contributed by atoms with Crippen molar-refractivity contribution in [2.24, 2.45) is 0 Å². The van der Waals surface area contributed by atoms with Crippen LogP contribution in [0.2, 0.25) is 0 Å². The van der Waals surface area contributed by atoms with Crippen molar-refractivity contribution in [2.75, 3.05) is 11.9 Å². The summed E-state index contributed by atoms with van der Waals surface area (Å²) in [5.41, 5.74) is 1.38. The van der Waals surface area contributed by atoms with Crippen LogP contribution in [0.25, 0.3) is 0 Å². The predicted molar refractivity (Wildman–Crippen MR) is 118 cm³/mol. The minimum atomic E-state index is -3.71. The molecule has 0 aliphatic carbocycles. The van der Waals surface area contributed by atoms with Crippen LogP contribution in [0.15, 0.2) is 69.8 Å². The van der Waals surface area contributed by atoms with Gasteiger partial charge in [0.05, 0.1) is 17.2 Å². The van der Waals surface area contributed by atoms with E-state index in [-0.39, 0.29) is 28.0 Å². The number of benzene rings is 2. The number of hydrogen-bond donors (Lipinski definition) is 1. The lowest BCUT2D eigenvalue weighted by molar-refractivity contribution is -0.116. The lowest BCUT2D eigenvalue weighted by Gasteiger charge is -2.24. The molecule has 1 N–H and O–H groups in total. The second-order valence-electron chi connectivity index (χ2n) is 7.23. The summed E-state index contributed by atoms with van der Waals surface area (Å²) in [6.45, 7) is 2.79. The molecule has 0 spiro atoms. The first-order valence-corrected chi connectivity index (χ1v) is 12.3. The topological polar surface area (TPSA) is 72.5 Å². The Morgan fingerprint density at radius 1 is 1.10 bits per heavy atom. The first-order valence-electron chi connectivity index (χ1n) is 9.95. The SMILES string of the molecule is CCCCOc1ccc(C2CC(=O)Nc3c(S(=O)(=O)c4ccccc4)csc32)cc1. The van der Waals surface area contributed by atoms with E-state index in [1.807, 2.05) is 24.3 Å². The Morgan fingerprint density at radius 3 is 2.53 bits per heavy atom. The molecule has 1 atom stereocenters. The van der Waals surface area contributed by atoms with Crippen LogP contribution in [-0.2, 0) is 14.6 Å². The highest BCUT2D eigenvalue weighted by molar-refractivity contribution is 7.91. The van der Waals surface area contributed by atoms with Crippen molar-refractivity contribution in [1.29, 1.82) is 0 Å². The fourth-order valence-corrected chi connectivity index (χ4v) is 6.46. The van der Waals surface area contributed by atoms with E-state index in [1.165, 1.54) is 11.3 Å². The van der Waals surface area contributed by atoms with Gasteiger partial charge in [-0.3, -0.25) is 4.79 Å². The number of amides is 1. The average molecular weight is 442 g/mol. The smallest absolute Gasteiger partial charge is 0.225 e. The highest BCUT2D eigenvalue weighted by atomic mass is 32.2. The van der Waals surface area contributed by atoms with Crippen molar-refractivity contribution >= 4 is 32.8 Å². The molecular weight excluding hydrogens is 418 g/mol. The Morgan fingerprint density at radius 2 is 1.83 bits per heavy atom. The van der Waals surface area contributed by atoms with E-state index < -0.39 is 9.84 Å². The van der Waals surface area contributed by atoms with Crippen LogP contribution in [0.4, 0.5) is 5.69 Å². The third-order valence-corrected chi connectivity index (χ3v) is 8.19. The first kappa shape index (κ1) is 20.6. The average Bonchev–Trinajstić information content (AvgIpc) is 3.19. The van der Waals surface area contributed by atoms with Crippen LogP contribution in [0.3, 0.4) is 0 Å². The molecule has 0 saturated heterocycles. The maximum absolute atomic E-state index is 13.1. The summed E-state index contributed by atoms with van der Waals surface area (Å²) < 4.78 is 32.0. The molecule has 1 aromatic heterocycles. The van der Waals surface area contributed by atoms with Gasteiger partial charge in [0, 0.05) is 22.6 Å². The zero-order valence-corrected chi connectivity index (χ0v) is 18.3. The number of fused-ring (bicyclic) bond motifs is 1. The van der Waals surface area contributed by atoms with E-state index in [4.69, 9.17) is 4.74 Å². The van der Waals surface area contributed by atoms with Gasteiger partial charge >= 0.3 is 0 Å². The van der Waals surface area contributed by atoms with Gasteiger partial charge in [-0.15, -0.1) is 11.3 Å². The van der Waals surface area contributed by atoms with Gasteiger partial charge in [0.25, 0.3) is 0 Å². The van der Waals surface area contributed by atoms with Gasteiger partial charge in [0.15, 0.2) is 0 Å². The van der Waals surface area contributed by atoms with Crippen LogP contribution in [0, 0.1) is 0 Å². The number of rotatable bonds is 7. The molecule has 0 bridgehead atoms. The second kappa shape index (κ2) is 8.62. The second-order valence-corrected chi connectivity index (χ2v) is 10.1. The Bertz CT molecular complexity index is 1140. The minimum absolute atomic E-state index is 0.159. The van der Waals surface area contributed by atoms with Crippen molar-refractivity contribution < 1.29 is 17.9 Å². The van der Waals surface area contributed by atoms with Crippen LogP contribution in [0.1, 0.15) is 42.5 Å². The van der Waals surface area contributed by atoms with Gasteiger partial charge in [-0.1, -0.05) is 43.7 Å². The molecule has 1 unspecified atom stereocenters. The molecule has 5 nitrogen and oxygen atoms in total. The number of carbonyl (C=O) groups is 1. The zero-order chi connectivity index (χ0) is 21.1. The summed E-state index contributed by atoms with van der Waals surface area (Å²) in [6, 6.07) is 16.0. The molecule has 0 saturated carbocycles. The van der Waals surface area contributed by atoms with Crippen LogP contribution in [0.5, 0.6) is 5.75 Å². The molecule has 0 radical (unpaired) electrons. The van der Waals surface area contributed by atoms with E-state index in [2.05, 4.69) is 12.2 Å². The summed E-state index contributed by atoms with van der Waals surface area (Å²) in [4.78, 5) is 13.7. The Kier molecular flexibility index (Phi) is 5.92. The molecule has 156 valence electrons. The number of unbranched alkanes of at least 4 members (excludes halogenated alkanes) is 1. The molecule has 2 heterocycles. The van der Waals surface area contributed by atoms with Crippen molar-refractivity contribution in [3.05, 3.63) is 70.4 Å². The highest BCUT2D eigenvalue weighted by Gasteiger charge is 2.34. The molecule has 0 fully saturated rings. The maximum Gasteiger partial charge on any atom is 0.225 e. The Labute approximate surface area is 180 Å². The monoisotopic (exact) mass is 441 g/mol. The van der Waals surface area contributed by atoms with E-state index in [1.54, 1.807) is 35.7 Å². The molecule has 1 aliphatic heterocycles. The van der Waals surface area contributed by atoms with E-state index >= 15 is 0 Å². The summed E-state index contributed by atoms with van der Waals surface area (Å²) in [5, 5.41) is 4.43. The molecule has 1 amide bonds. The predicted octanol–water partition coefficient (Wildman–Crippen LogP) is 5.23. The molecule has 2 aromatic carbocycles. The Hall–Kier alpha value is -2.64. The van der Waals surface area contributed by atoms with Crippen molar-refractivity contribution in [3.63, 3.8) is 0 Å². The van der Waals surface area contributed by atoms with Crippen LogP contribution in [-0.4, -0.2) is 20.9 Å². The quantitative estimate of drug-likeness (QED) is 0.509. The molecule has 1 aliphatic rings. The number of ether oxygens (including phenoxy) is 1. The summed E-state index contributed by atoms with van der Waals surface area (Å²) in [6.07, 6.45) is 2.36. The number of anilines is 1. The summed E-state index contributed by atoms with van der Waals surface area (Å²) >= 11 is 1.37. The standard InChI is InChI=1S/C23H23NO4S2/c1-2-3-13-28-17-11-9-16(10-12-17)19-14-21(25)24-22-20(15-29-23(19)22)30(26,27)18-7-5-4-6-8-18/h4-12,15,19H,2-3,13-14H2,1H3,(H,24,25). The molecule has 3 aromatic rings. The Balaban J connectivity index is 1.66. The minimum Gasteiger partial charge on any atom is -0.494 e. The van der Waals surface area contributed by atoms with Gasteiger partial charge in [0.1, 0.15) is 10.6 Å². The number of hydrogen-bond acceptors (Lipinski definition) is 5. The van der Waals surface area contributed by atoms with Crippen molar-refractivity contribution in [1.82, 2.24) is 0 Å². The largest absolute Gasteiger partial charge is 0.494 e. The molecule has 7 heteroatoms. The number of carbonyl (C=O) groups excluding carboxylic acids is 1. The third kappa shape index (κ3) is 4.00. The van der Waals surface area contributed by atoms with Crippen LogP contribution < -0.4 is 10.1 Å². The first-order chi connectivity index (χ1) is 14.5. The zero-order valence-electron chi connectivity index (χ0n) is 16.6. The van der Waals surface area contributed by atoms with Gasteiger partial charge in [-0.25, -0.2) is 8.42 Å². The lowest BCUT2D eigenvalue weighted by Crippen LogP contribution is -2.23. The number of nitrogens with one attached hydrogen (secondary N) is 1. The van der Waals surface area contributed by atoms with E-state index in [0.29, 0.717) is 12.3 Å². The lowest BCUT2D eigenvalue weighted by atomic mass is 9.90. The third-order valence-electron chi connectivity index (χ3n) is 5.15. The summed E-state index contributed by atoms with van der Waals surface area (Å²) in [5.74, 6) is 0.438. The molecular formula is C23H23NO4S2. The number of sulfone groups is 1. The van der Waals surface area contributed by atoms with Crippen molar-refractivity contribution in [3.8, 4) is 5.75 Å². The van der Waals surface area contributed by atoms with E-state index in [0.717, 1.165) is 29.0 Å². The molecule has 4 rings (SSSR count). The number of thiophene rings is 1. The van der Waals surface area contributed by atoms with Gasteiger partial charge in [-0.2, -0.15) is 0 Å². The maximum atomic E-state index is 13.1. The van der Waals surface area contributed by atoms with Crippen LogP contribution >= 0.6 is 11.3 Å². The fraction of sp³-hybridized carbons (Fsp3) is 0.261. The van der Waals surface area contributed by atoms with E-state index in [9.17, 15) is 13.2 Å². The van der Waals surface area contributed by atoms with Crippen molar-refractivity contribution in [2.45, 2.75) is 41.9 Å². The van der Waals surface area contributed by atoms with Gasteiger partial charge < -0.3 is 10.1 Å². The van der Waals surface area contributed by atoms with Gasteiger partial charge in [0.2, 0.25) is 15.7 Å². The highest BCUT2D eigenvalue weighted by Crippen LogP contribution is 2.46. The summed E-state index contributed by atoms with van der Waals surface area (Å²) in [7, 11) is -3.71. The molecule has 30 heavy (non-hydrogen) atoms.